The Kier molecular flexibility index (Phi) is 6.74. The van der Waals surface area contributed by atoms with E-state index in [-0.39, 0.29) is 47.4 Å². The van der Waals surface area contributed by atoms with Crippen LogP contribution < -0.4 is 4.72 Å². The Morgan fingerprint density at radius 2 is 1.41 bits per heavy atom. The van der Waals surface area contributed by atoms with Crippen LogP contribution in [0.4, 0.5) is 5.69 Å². The third kappa shape index (κ3) is 5.14. The van der Waals surface area contributed by atoms with E-state index < -0.39 is 20.0 Å². The minimum absolute atomic E-state index is 0.0230. The number of piperazine rings is 1. The molecular formula is C24H25N3O5S2. The summed E-state index contributed by atoms with van der Waals surface area (Å²) < 4.78 is 55.2. The summed E-state index contributed by atoms with van der Waals surface area (Å²) in [5.74, 6) is -0.343. The van der Waals surface area contributed by atoms with Gasteiger partial charge in [0, 0.05) is 37.4 Å². The number of aryl methyl sites for hydroxylation is 1. The average Bonchev–Trinajstić information content (AvgIpc) is 2.84. The number of nitrogens with one attached hydrogen (secondary N) is 1. The van der Waals surface area contributed by atoms with Crippen LogP contribution in [0.5, 0.6) is 0 Å². The van der Waals surface area contributed by atoms with Gasteiger partial charge in [-0.3, -0.25) is 9.52 Å². The Bertz CT molecular complexity index is 1400. The Labute approximate surface area is 199 Å². The van der Waals surface area contributed by atoms with Gasteiger partial charge >= 0.3 is 0 Å². The minimum atomic E-state index is -3.88. The second-order valence-electron chi connectivity index (χ2n) is 8.01. The first-order valence-electron chi connectivity index (χ1n) is 10.7. The molecule has 3 aromatic rings. The van der Waals surface area contributed by atoms with E-state index in [1.165, 1.54) is 27.4 Å². The highest BCUT2D eigenvalue weighted by atomic mass is 32.2. The monoisotopic (exact) mass is 499 g/mol. The predicted molar refractivity (Wildman–Crippen MR) is 130 cm³/mol. The van der Waals surface area contributed by atoms with Gasteiger partial charge in [-0.15, -0.1) is 0 Å². The van der Waals surface area contributed by atoms with Crippen LogP contribution in [0.1, 0.15) is 15.9 Å². The highest BCUT2D eigenvalue weighted by molar-refractivity contribution is 7.92. The molecule has 1 aliphatic rings. The van der Waals surface area contributed by atoms with E-state index in [1.54, 1.807) is 54.6 Å². The molecule has 0 aliphatic carbocycles. The topological polar surface area (TPSA) is 104 Å². The lowest BCUT2D eigenvalue weighted by molar-refractivity contribution is 0.0697. The van der Waals surface area contributed by atoms with E-state index in [2.05, 4.69) is 4.72 Å². The molecule has 1 aliphatic heterocycles. The van der Waals surface area contributed by atoms with Crippen molar-refractivity contribution in [2.24, 2.45) is 0 Å². The number of rotatable bonds is 6. The smallest absolute Gasteiger partial charge is 0.261 e. The Morgan fingerprint density at radius 1 is 0.765 bits per heavy atom. The van der Waals surface area contributed by atoms with E-state index in [0.717, 1.165) is 5.56 Å². The molecule has 0 saturated carbocycles. The van der Waals surface area contributed by atoms with E-state index in [4.69, 9.17) is 0 Å². The average molecular weight is 500 g/mol. The number of amides is 1. The maximum absolute atomic E-state index is 13.1. The van der Waals surface area contributed by atoms with Crippen LogP contribution >= 0.6 is 0 Å². The number of carbonyl (C=O) groups excluding carboxylic acids is 1. The van der Waals surface area contributed by atoms with Crippen molar-refractivity contribution in [3.8, 4) is 0 Å². The highest BCUT2D eigenvalue weighted by Gasteiger charge is 2.30. The normalized spacial score (nSPS) is 15.1. The second-order valence-corrected chi connectivity index (χ2v) is 11.6. The van der Waals surface area contributed by atoms with Crippen LogP contribution in [0.15, 0.2) is 88.7 Å². The number of benzene rings is 3. The molecule has 0 radical (unpaired) electrons. The maximum atomic E-state index is 13.1. The molecular weight excluding hydrogens is 474 g/mol. The molecule has 1 amide bonds. The number of nitrogens with zero attached hydrogens (tertiary/aromatic N) is 2. The molecule has 0 spiro atoms. The third-order valence-electron chi connectivity index (χ3n) is 5.57. The van der Waals surface area contributed by atoms with Gasteiger partial charge in [-0.25, -0.2) is 16.8 Å². The van der Waals surface area contributed by atoms with Gasteiger partial charge < -0.3 is 4.90 Å². The summed E-state index contributed by atoms with van der Waals surface area (Å²) in [6, 6.07) is 21.0. The zero-order valence-corrected chi connectivity index (χ0v) is 20.2. The zero-order chi connectivity index (χ0) is 24.3. The first-order chi connectivity index (χ1) is 16.2. The van der Waals surface area contributed by atoms with Gasteiger partial charge in [0.25, 0.3) is 15.9 Å². The van der Waals surface area contributed by atoms with Crippen LogP contribution in [0, 0.1) is 6.92 Å². The standard InChI is InChI=1S/C24H25N3O5S2/c1-19-7-5-9-21(17-19)25-33(29,30)23-12-6-8-20(18-23)24(28)26-13-15-27(16-14-26)34(31,32)22-10-3-2-4-11-22/h2-12,17-18,25H,13-16H2,1H3. The Morgan fingerprint density at radius 3 is 2.09 bits per heavy atom. The number of hydrogen-bond acceptors (Lipinski definition) is 5. The SMILES string of the molecule is Cc1cccc(NS(=O)(=O)c2cccc(C(=O)N3CCN(S(=O)(=O)c4ccccc4)CC3)c2)c1. The fourth-order valence-corrected chi connectivity index (χ4v) is 6.31. The summed E-state index contributed by atoms with van der Waals surface area (Å²) in [5.41, 5.74) is 1.58. The molecule has 1 fully saturated rings. The van der Waals surface area contributed by atoms with Crippen LogP contribution in [0.2, 0.25) is 0 Å². The van der Waals surface area contributed by atoms with E-state index in [9.17, 15) is 21.6 Å². The summed E-state index contributed by atoms with van der Waals surface area (Å²) >= 11 is 0. The van der Waals surface area contributed by atoms with Gasteiger partial charge in [0.05, 0.1) is 9.79 Å². The molecule has 1 N–H and O–H groups in total. The Hall–Kier alpha value is -3.21. The van der Waals surface area contributed by atoms with Gasteiger partial charge in [0.1, 0.15) is 0 Å². The summed E-state index contributed by atoms with van der Waals surface area (Å²) in [7, 11) is -7.51. The van der Waals surface area contributed by atoms with Crippen molar-refractivity contribution in [3.63, 3.8) is 0 Å². The fraction of sp³-hybridized carbons (Fsp3) is 0.208. The molecule has 8 nitrogen and oxygen atoms in total. The first kappa shape index (κ1) is 23.9. The summed E-state index contributed by atoms with van der Waals surface area (Å²) in [5, 5.41) is 0. The molecule has 1 saturated heterocycles. The van der Waals surface area contributed by atoms with Crippen LogP contribution in [0.25, 0.3) is 0 Å². The molecule has 0 atom stereocenters. The van der Waals surface area contributed by atoms with Gasteiger partial charge in [-0.2, -0.15) is 4.31 Å². The highest BCUT2D eigenvalue weighted by Crippen LogP contribution is 2.21. The van der Waals surface area contributed by atoms with Crippen molar-refractivity contribution >= 4 is 31.6 Å². The molecule has 0 bridgehead atoms. The summed E-state index contributed by atoms with van der Waals surface area (Å²) in [4.78, 5) is 14.8. The van der Waals surface area contributed by atoms with Gasteiger partial charge in [0.2, 0.25) is 10.0 Å². The fourth-order valence-electron chi connectivity index (χ4n) is 3.77. The van der Waals surface area contributed by atoms with Crippen molar-refractivity contribution in [2.75, 3.05) is 30.9 Å². The number of anilines is 1. The second kappa shape index (κ2) is 9.57. The van der Waals surface area contributed by atoms with E-state index in [0.29, 0.717) is 5.69 Å². The van der Waals surface area contributed by atoms with Crippen LogP contribution in [-0.4, -0.2) is 58.1 Å². The molecule has 0 aromatic heterocycles. The predicted octanol–water partition coefficient (Wildman–Crippen LogP) is 2.94. The van der Waals surface area contributed by atoms with Gasteiger partial charge in [-0.1, -0.05) is 36.4 Å². The minimum Gasteiger partial charge on any atom is -0.336 e. The van der Waals surface area contributed by atoms with Gasteiger partial charge in [-0.05, 0) is 55.0 Å². The van der Waals surface area contributed by atoms with Crippen molar-refractivity contribution < 1.29 is 21.6 Å². The van der Waals surface area contributed by atoms with Crippen molar-refractivity contribution in [3.05, 3.63) is 90.0 Å². The molecule has 1 heterocycles. The molecule has 34 heavy (non-hydrogen) atoms. The van der Waals surface area contributed by atoms with Crippen molar-refractivity contribution in [1.29, 1.82) is 0 Å². The number of carbonyl (C=O) groups is 1. The zero-order valence-electron chi connectivity index (χ0n) is 18.6. The lowest BCUT2D eigenvalue weighted by Crippen LogP contribution is -2.50. The Balaban J connectivity index is 1.46. The van der Waals surface area contributed by atoms with Crippen LogP contribution in [0.3, 0.4) is 0 Å². The lowest BCUT2D eigenvalue weighted by Gasteiger charge is -2.34. The summed E-state index contributed by atoms with van der Waals surface area (Å²) in [6.07, 6.45) is 0. The first-order valence-corrected chi connectivity index (χ1v) is 13.6. The summed E-state index contributed by atoms with van der Waals surface area (Å²) in [6.45, 7) is 2.61. The van der Waals surface area contributed by atoms with Crippen molar-refractivity contribution in [1.82, 2.24) is 9.21 Å². The molecule has 4 rings (SSSR count). The van der Waals surface area contributed by atoms with Crippen molar-refractivity contribution in [2.45, 2.75) is 16.7 Å². The molecule has 10 heteroatoms. The number of hydrogen-bond donors (Lipinski definition) is 1. The molecule has 3 aromatic carbocycles. The largest absolute Gasteiger partial charge is 0.336 e. The van der Waals surface area contributed by atoms with Crippen LogP contribution in [-0.2, 0) is 20.0 Å². The third-order valence-corrected chi connectivity index (χ3v) is 8.86. The lowest BCUT2D eigenvalue weighted by atomic mass is 10.2. The quantitative estimate of drug-likeness (QED) is 0.562. The van der Waals surface area contributed by atoms with E-state index in [1.807, 2.05) is 13.0 Å². The number of sulfonamides is 2. The maximum Gasteiger partial charge on any atom is 0.261 e. The molecule has 0 unspecified atom stereocenters. The molecule has 178 valence electrons. The van der Waals surface area contributed by atoms with Gasteiger partial charge in [0.15, 0.2) is 0 Å². The van der Waals surface area contributed by atoms with E-state index >= 15 is 0 Å².